The van der Waals surface area contributed by atoms with Crippen LogP contribution in [0.3, 0.4) is 0 Å². The Morgan fingerprint density at radius 1 is 1.32 bits per heavy atom. The monoisotopic (exact) mass is 275 g/mol. The van der Waals surface area contributed by atoms with Crippen LogP contribution < -0.4 is 0 Å². The lowest BCUT2D eigenvalue weighted by Gasteiger charge is -2.16. The van der Waals surface area contributed by atoms with Crippen molar-refractivity contribution in [3.05, 3.63) is 52.8 Å². The molecule has 2 heterocycles. The number of aromatic nitrogens is 3. The predicted molar refractivity (Wildman–Crippen MR) is 77.4 cm³/mol. The smallest absolute Gasteiger partial charge is 0.222 e. The molecule has 2 aromatic rings. The Morgan fingerprint density at radius 2 is 2.16 bits per heavy atom. The summed E-state index contributed by atoms with van der Waals surface area (Å²) < 4.78 is 0. The Morgan fingerprint density at radius 3 is 2.84 bits per heavy atom. The number of nitrogens with zero attached hydrogens (tertiary/aromatic N) is 3. The Hall–Kier alpha value is -1.48. The molecule has 0 fully saturated rings. The molecule has 0 amide bonds. The average Bonchev–Trinajstić information content (AvgIpc) is 2.43. The van der Waals surface area contributed by atoms with Crippen molar-refractivity contribution < 1.29 is 0 Å². The Balaban J connectivity index is 2.24. The highest BCUT2D eigenvalue weighted by atomic mass is 35.5. The first kappa shape index (κ1) is 13.9. The van der Waals surface area contributed by atoms with E-state index in [0.717, 1.165) is 30.5 Å². The van der Waals surface area contributed by atoms with Crippen LogP contribution in [0.4, 0.5) is 0 Å². The quantitative estimate of drug-likeness (QED) is 0.775. The molecule has 0 unspecified atom stereocenters. The van der Waals surface area contributed by atoms with Crippen molar-refractivity contribution in [2.24, 2.45) is 0 Å². The summed E-state index contributed by atoms with van der Waals surface area (Å²) in [5.74, 6) is 0.434. The van der Waals surface area contributed by atoms with E-state index < -0.39 is 0 Å². The Labute approximate surface area is 119 Å². The van der Waals surface area contributed by atoms with E-state index in [1.807, 2.05) is 19.2 Å². The molecule has 1 atom stereocenters. The fourth-order valence-electron chi connectivity index (χ4n) is 2.25. The first-order chi connectivity index (χ1) is 9.20. The number of pyridine rings is 1. The van der Waals surface area contributed by atoms with Gasteiger partial charge in [-0.3, -0.25) is 4.98 Å². The van der Waals surface area contributed by atoms with E-state index in [9.17, 15) is 0 Å². The van der Waals surface area contributed by atoms with Gasteiger partial charge in [-0.1, -0.05) is 19.4 Å². The molecule has 0 radical (unpaired) electrons. The lowest BCUT2D eigenvalue weighted by Crippen LogP contribution is -2.07. The molecule has 0 N–H and O–H groups in total. The summed E-state index contributed by atoms with van der Waals surface area (Å²) >= 11 is 5.89. The van der Waals surface area contributed by atoms with Crippen molar-refractivity contribution in [1.82, 2.24) is 15.0 Å². The highest BCUT2D eigenvalue weighted by Crippen LogP contribution is 2.25. The van der Waals surface area contributed by atoms with Gasteiger partial charge in [-0.15, -0.1) is 0 Å². The van der Waals surface area contributed by atoms with Crippen molar-refractivity contribution in [1.29, 1.82) is 0 Å². The Bertz CT molecular complexity index is 528. The van der Waals surface area contributed by atoms with Gasteiger partial charge in [-0.05, 0) is 54.5 Å². The number of hydrogen-bond donors (Lipinski definition) is 0. The van der Waals surface area contributed by atoms with Gasteiger partial charge in [0.2, 0.25) is 5.28 Å². The van der Waals surface area contributed by atoms with Crippen LogP contribution in [0.15, 0.2) is 30.7 Å². The van der Waals surface area contributed by atoms with Gasteiger partial charge < -0.3 is 0 Å². The number of aryl methyl sites for hydroxylation is 1. The second-order valence-corrected chi connectivity index (χ2v) is 5.08. The minimum Gasteiger partial charge on any atom is -0.264 e. The van der Waals surface area contributed by atoms with Crippen molar-refractivity contribution >= 4 is 11.6 Å². The molecule has 3 nitrogen and oxygen atoms in total. The molecule has 0 aromatic carbocycles. The van der Waals surface area contributed by atoms with Crippen LogP contribution in [0.1, 0.15) is 42.5 Å². The third kappa shape index (κ3) is 3.74. The summed E-state index contributed by atoms with van der Waals surface area (Å²) in [4.78, 5) is 12.6. The van der Waals surface area contributed by atoms with Gasteiger partial charge >= 0.3 is 0 Å². The lowest BCUT2D eigenvalue weighted by atomic mass is 9.90. The van der Waals surface area contributed by atoms with Gasteiger partial charge in [0.1, 0.15) is 0 Å². The van der Waals surface area contributed by atoms with Gasteiger partial charge in [0.25, 0.3) is 0 Å². The summed E-state index contributed by atoms with van der Waals surface area (Å²) in [6.45, 7) is 4.22. The third-order valence-electron chi connectivity index (χ3n) is 3.28. The summed E-state index contributed by atoms with van der Waals surface area (Å²) in [5, 5.41) is 0.321. The fourth-order valence-corrected chi connectivity index (χ4v) is 2.40. The van der Waals surface area contributed by atoms with Crippen LogP contribution in [0.25, 0.3) is 0 Å². The molecule has 100 valence electrons. The van der Waals surface area contributed by atoms with Crippen molar-refractivity contribution in [3.8, 4) is 0 Å². The fraction of sp³-hybridized carbons (Fsp3) is 0.400. The van der Waals surface area contributed by atoms with Gasteiger partial charge in [0.15, 0.2) is 0 Å². The molecule has 0 aliphatic carbocycles. The predicted octanol–water partition coefficient (Wildman–Crippen LogP) is 3.96. The third-order valence-corrected chi connectivity index (χ3v) is 3.46. The summed E-state index contributed by atoms with van der Waals surface area (Å²) in [6.07, 6.45) is 8.67. The summed E-state index contributed by atoms with van der Waals surface area (Å²) in [5.41, 5.74) is 3.38. The standard InChI is InChI=1S/C15H18ClN3/c1-3-5-12(13-6-4-7-17-10-13)8-14-11(2)9-18-15(16)19-14/h4,6-7,9-10,12H,3,5,8H2,1-2H3/t12-/m1/s1. The molecule has 4 heteroatoms. The van der Waals surface area contributed by atoms with Crippen LogP contribution in [0.5, 0.6) is 0 Å². The van der Waals surface area contributed by atoms with E-state index in [0.29, 0.717) is 11.2 Å². The highest BCUT2D eigenvalue weighted by Gasteiger charge is 2.14. The van der Waals surface area contributed by atoms with Crippen LogP contribution in [-0.2, 0) is 6.42 Å². The topological polar surface area (TPSA) is 38.7 Å². The molecular formula is C15H18ClN3. The SMILES string of the molecule is CCC[C@H](Cc1nc(Cl)ncc1C)c1cccnc1. The largest absolute Gasteiger partial charge is 0.264 e. The summed E-state index contributed by atoms with van der Waals surface area (Å²) in [7, 11) is 0. The normalized spacial score (nSPS) is 12.4. The van der Waals surface area contributed by atoms with E-state index in [2.05, 4.69) is 27.9 Å². The van der Waals surface area contributed by atoms with E-state index >= 15 is 0 Å². The second-order valence-electron chi connectivity index (χ2n) is 4.74. The van der Waals surface area contributed by atoms with Gasteiger partial charge in [-0.25, -0.2) is 9.97 Å². The van der Waals surface area contributed by atoms with Gasteiger partial charge in [-0.2, -0.15) is 0 Å². The van der Waals surface area contributed by atoms with Crippen molar-refractivity contribution in [3.63, 3.8) is 0 Å². The molecule has 0 saturated carbocycles. The Kier molecular flexibility index (Phi) is 4.86. The van der Waals surface area contributed by atoms with E-state index in [1.54, 1.807) is 12.4 Å². The first-order valence-corrected chi connectivity index (χ1v) is 6.96. The minimum absolute atomic E-state index is 0.321. The maximum absolute atomic E-state index is 5.89. The minimum atomic E-state index is 0.321. The van der Waals surface area contributed by atoms with Crippen LogP contribution in [0.2, 0.25) is 5.28 Å². The maximum atomic E-state index is 5.89. The van der Waals surface area contributed by atoms with Crippen LogP contribution >= 0.6 is 11.6 Å². The second kappa shape index (κ2) is 6.62. The van der Waals surface area contributed by atoms with E-state index in [-0.39, 0.29) is 0 Å². The molecule has 0 aliphatic rings. The maximum Gasteiger partial charge on any atom is 0.222 e. The zero-order valence-corrected chi connectivity index (χ0v) is 12.1. The lowest BCUT2D eigenvalue weighted by molar-refractivity contribution is 0.598. The van der Waals surface area contributed by atoms with Crippen LogP contribution in [-0.4, -0.2) is 15.0 Å². The first-order valence-electron chi connectivity index (χ1n) is 6.58. The van der Waals surface area contributed by atoms with Crippen LogP contribution in [0, 0.1) is 6.92 Å². The van der Waals surface area contributed by atoms with Crippen molar-refractivity contribution in [2.45, 2.75) is 39.0 Å². The molecule has 0 bridgehead atoms. The van der Waals surface area contributed by atoms with Crippen molar-refractivity contribution in [2.75, 3.05) is 0 Å². The molecule has 0 saturated heterocycles. The van der Waals surface area contributed by atoms with Gasteiger partial charge in [0, 0.05) is 24.3 Å². The number of hydrogen-bond acceptors (Lipinski definition) is 3. The molecule has 2 rings (SSSR count). The number of rotatable bonds is 5. The molecular weight excluding hydrogens is 258 g/mol. The average molecular weight is 276 g/mol. The highest BCUT2D eigenvalue weighted by molar-refractivity contribution is 6.28. The summed E-state index contributed by atoms with van der Waals surface area (Å²) in [6, 6.07) is 4.11. The zero-order valence-electron chi connectivity index (χ0n) is 11.3. The molecule has 0 spiro atoms. The number of halogens is 1. The zero-order chi connectivity index (χ0) is 13.7. The molecule has 19 heavy (non-hydrogen) atoms. The molecule has 2 aromatic heterocycles. The van der Waals surface area contributed by atoms with E-state index in [1.165, 1.54) is 5.56 Å². The molecule has 0 aliphatic heterocycles. The van der Waals surface area contributed by atoms with Gasteiger partial charge in [0.05, 0.1) is 0 Å². The van der Waals surface area contributed by atoms with E-state index in [4.69, 9.17) is 11.6 Å².